The number of piperidine rings is 1. The molecule has 148 valence electrons. The predicted molar refractivity (Wildman–Crippen MR) is 108 cm³/mol. The fourth-order valence-electron chi connectivity index (χ4n) is 3.54. The Kier molecular flexibility index (Phi) is 5.79. The molecule has 1 fully saturated rings. The summed E-state index contributed by atoms with van der Waals surface area (Å²) >= 11 is 0. The van der Waals surface area contributed by atoms with Gasteiger partial charge in [0.25, 0.3) is 5.91 Å². The Morgan fingerprint density at radius 2 is 1.90 bits per heavy atom. The first-order chi connectivity index (χ1) is 14.2. The molecule has 29 heavy (non-hydrogen) atoms. The lowest BCUT2D eigenvalue weighted by Crippen LogP contribution is -2.41. The number of carbonyl (C=O) groups excluding carboxylic acids is 1. The standard InChI is InChI=1S/C23H22FN3O2/c24-19-8-10-20(11-9-19)29-16-22(28)27-14-4-7-18(15-27)21-12-13-25-23(26-21)17-5-2-1-3-6-17/h1-3,5-6,8-13,18H,4,7,14-16H2. The van der Waals surface area contributed by atoms with E-state index in [9.17, 15) is 9.18 Å². The Morgan fingerprint density at radius 1 is 1.10 bits per heavy atom. The second kappa shape index (κ2) is 8.82. The number of hydrogen-bond acceptors (Lipinski definition) is 4. The van der Waals surface area contributed by atoms with E-state index in [0.29, 0.717) is 24.7 Å². The Hall–Kier alpha value is -3.28. The van der Waals surface area contributed by atoms with Crippen molar-refractivity contribution < 1.29 is 13.9 Å². The van der Waals surface area contributed by atoms with Crippen LogP contribution in [0, 0.1) is 5.82 Å². The van der Waals surface area contributed by atoms with E-state index in [0.717, 1.165) is 24.1 Å². The summed E-state index contributed by atoms with van der Waals surface area (Å²) in [6.07, 6.45) is 3.68. The van der Waals surface area contributed by atoms with Crippen LogP contribution in [0.5, 0.6) is 5.75 Å². The van der Waals surface area contributed by atoms with Crippen molar-refractivity contribution in [1.29, 1.82) is 0 Å². The van der Waals surface area contributed by atoms with E-state index in [1.165, 1.54) is 24.3 Å². The van der Waals surface area contributed by atoms with Crippen molar-refractivity contribution in [1.82, 2.24) is 14.9 Å². The van der Waals surface area contributed by atoms with Crippen LogP contribution >= 0.6 is 0 Å². The third-order valence-electron chi connectivity index (χ3n) is 5.08. The average molecular weight is 391 g/mol. The number of benzene rings is 2. The number of hydrogen-bond donors (Lipinski definition) is 0. The van der Waals surface area contributed by atoms with Crippen LogP contribution < -0.4 is 4.74 Å². The van der Waals surface area contributed by atoms with Crippen molar-refractivity contribution in [3.63, 3.8) is 0 Å². The van der Waals surface area contributed by atoms with Crippen LogP contribution in [0.3, 0.4) is 0 Å². The van der Waals surface area contributed by atoms with Gasteiger partial charge in [-0.25, -0.2) is 14.4 Å². The molecule has 0 saturated carbocycles. The number of rotatable bonds is 5. The van der Waals surface area contributed by atoms with E-state index in [1.54, 1.807) is 6.20 Å². The van der Waals surface area contributed by atoms with Crippen LogP contribution in [0.4, 0.5) is 4.39 Å². The highest BCUT2D eigenvalue weighted by molar-refractivity contribution is 5.78. The van der Waals surface area contributed by atoms with Crippen LogP contribution in [0.1, 0.15) is 24.5 Å². The largest absolute Gasteiger partial charge is 0.484 e. The molecule has 1 amide bonds. The molecule has 2 heterocycles. The van der Waals surface area contributed by atoms with Crippen LogP contribution in [0.2, 0.25) is 0 Å². The molecule has 1 saturated heterocycles. The van der Waals surface area contributed by atoms with Crippen LogP contribution in [-0.4, -0.2) is 40.5 Å². The normalized spacial score (nSPS) is 16.4. The first-order valence-corrected chi connectivity index (χ1v) is 9.73. The molecule has 3 aromatic rings. The molecule has 1 aromatic heterocycles. The second-order valence-corrected chi connectivity index (χ2v) is 7.09. The number of likely N-dealkylation sites (tertiary alicyclic amines) is 1. The Morgan fingerprint density at radius 3 is 2.69 bits per heavy atom. The van der Waals surface area contributed by atoms with E-state index < -0.39 is 0 Å². The van der Waals surface area contributed by atoms with Crippen molar-refractivity contribution >= 4 is 5.91 Å². The SMILES string of the molecule is O=C(COc1ccc(F)cc1)N1CCCC(c2ccnc(-c3ccccc3)n2)C1. The molecule has 4 rings (SSSR count). The molecular formula is C23H22FN3O2. The maximum absolute atomic E-state index is 13.0. The predicted octanol–water partition coefficient (Wildman–Crippen LogP) is 4.07. The van der Waals surface area contributed by atoms with E-state index in [4.69, 9.17) is 9.72 Å². The maximum atomic E-state index is 13.0. The van der Waals surface area contributed by atoms with E-state index >= 15 is 0 Å². The number of ether oxygens (including phenoxy) is 1. The Labute approximate surface area is 169 Å². The summed E-state index contributed by atoms with van der Waals surface area (Å²) in [6, 6.07) is 17.5. The summed E-state index contributed by atoms with van der Waals surface area (Å²) in [7, 11) is 0. The smallest absolute Gasteiger partial charge is 0.260 e. The van der Waals surface area contributed by atoms with Crippen LogP contribution in [-0.2, 0) is 4.79 Å². The van der Waals surface area contributed by atoms with Crippen LogP contribution in [0.15, 0.2) is 66.9 Å². The van der Waals surface area contributed by atoms with Gasteiger partial charge in [-0.3, -0.25) is 4.79 Å². The molecule has 0 bridgehead atoms. The fraction of sp³-hybridized carbons (Fsp3) is 0.261. The first kappa shape index (κ1) is 19.1. The summed E-state index contributed by atoms with van der Waals surface area (Å²) in [5.74, 6) is 0.949. The van der Waals surface area contributed by atoms with E-state index in [-0.39, 0.29) is 24.2 Å². The third-order valence-corrected chi connectivity index (χ3v) is 5.08. The van der Waals surface area contributed by atoms with Gasteiger partial charge in [0.05, 0.1) is 0 Å². The van der Waals surface area contributed by atoms with Crippen molar-refractivity contribution in [3.05, 3.63) is 78.4 Å². The molecule has 0 spiro atoms. The van der Waals surface area contributed by atoms with Gasteiger partial charge in [0.1, 0.15) is 11.6 Å². The van der Waals surface area contributed by atoms with Crippen molar-refractivity contribution in [3.8, 4) is 17.1 Å². The van der Waals surface area contributed by atoms with Crippen molar-refractivity contribution in [2.24, 2.45) is 0 Å². The number of halogens is 1. The summed E-state index contributed by atoms with van der Waals surface area (Å²) < 4.78 is 18.5. The highest BCUT2D eigenvalue weighted by Crippen LogP contribution is 2.27. The van der Waals surface area contributed by atoms with Gasteiger partial charge in [0, 0.05) is 36.5 Å². The zero-order valence-electron chi connectivity index (χ0n) is 16.0. The highest BCUT2D eigenvalue weighted by Gasteiger charge is 2.26. The monoisotopic (exact) mass is 391 g/mol. The summed E-state index contributed by atoms with van der Waals surface area (Å²) in [4.78, 5) is 23.6. The van der Waals surface area contributed by atoms with Gasteiger partial charge in [-0.2, -0.15) is 0 Å². The Balaban J connectivity index is 1.40. The quantitative estimate of drug-likeness (QED) is 0.658. The van der Waals surface area contributed by atoms with E-state index in [1.807, 2.05) is 41.3 Å². The lowest BCUT2D eigenvalue weighted by Gasteiger charge is -2.32. The second-order valence-electron chi connectivity index (χ2n) is 7.09. The lowest BCUT2D eigenvalue weighted by molar-refractivity contribution is -0.134. The van der Waals surface area contributed by atoms with Gasteiger partial charge in [-0.15, -0.1) is 0 Å². The third kappa shape index (κ3) is 4.77. The zero-order chi connectivity index (χ0) is 20.1. The van der Waals surface area contributed by atoms with Crippen molar-refractivity contribution in [2.75, 3.05) is 19.7 Å². The summed E-state index contributed by atoms with van der Waals surface area (Å²) in [6.45, 7) is 1.26. The molecule has 1 atom stereocenters. The Bertz CT molecular complexity index is 963. The molecule has 1 aliphatic rings. The minimum absolute atomic E-state index is 0.0581. The number of nitrogens with zero attached hydrogens (tertiary/aromatic N) is 3. The molecule has 6 heteroatoms. The zero-order valence-corrected chi connectivity index (χ0v) is 16.0. The molecule has 0 N–H and O–H groups in total. The minimum Gasteiger partial charge on any atom is -0.484 e. The first-order valence-electron chi connectivity index (χ1n) is 9.73. The molecule has 1 aliphatic heterocycles. The van der Waals surface area contributed by atoms with Crippen molar-refractivity contribution in [2.45, 2.75) is 18.8 Å². The molecule has 2 aromatic carbocycles. The number of aromatic nitrogens is 2. The molecule has 0 aliphatic carbocycles. The van der Waals surface area contributed by atoms with Gasteiger partial charge in [-0.05, 0) is 43.2 Å². The van der Waals surface area contributed by atoms with Crippen LogP contribution in [0.25, 0.3) is 11.4 Å². The van der Waals surface area contributed by atoms with E-state index in [2.05, 4.69) is 4.98 Å². The van der Waals surface area contributed by atoms with Gasteiger partial charge >= 0.3 is 0 Å². The molecule has 1 unspecified atom stereocenters. The van der Waals surface area contributed by atoms with Gasteiger partial charge in [0.15, 0.2) is 12.4 Å². The fourth-order valence-corrected chi connectivity index (χ4v) is 3.54. The van der Waals surface area contributed by atoms with Gasteiger partial charge in [-0.1, -0.05) is 30.3 Å². The molecule has 5 nitrogen and oxygen atoms in total. The number of carbonyl (C=O) groups is 1. The average Bonchev–Trinajstić information content (AvgIpc) is 2.79. The summed E-state index contributed by atoms with van der Waals surface area (Å²) in [5, 5.41) is 0. The van der Waals surface area contributed by atoms with Gasteiger partial charge in [0.2, 0.25) is 0 Å². The highest BCUT2D eigenvalue weighted by atomic mass is 19.1. The molecule has 0 radical (unpaired) electrons. The minimum atomic E-state index is -0.331. The topological polar surface area (TPSA) is 55.3 Å². The lowest BCUT2D eigenvalue weighted by atomic mass is 9.94. The van der Waals surface area contributed by atoms with Gasteiger partial charge < -0.3 is 9.64 Å². The maximum Gasteiger partial charge on any atom is 0.260 e. The summed E-state index contributed by atoms with van der Waals surface area (Å²) in [5.41, 5.74) is 1.93. The molecular weight excluding hydrogens is 369 g/mol. The number of amides is 1.